The van der Waals surface area contributed by atoms with Gasteiger partial charge in [-0.05, 0) is 30.1 Å². The van der Waals surface area contributed by atoms with E-state index < -0.39 is 0 Å². The summed E-state index contributed by atoms with van der Waals surface area (Å²) in [5, 5.41) is 3.60. The molecule has 3 aliphatic rings. The molecule has 0 amide bonds. The molecule has 0 aromatic heterocycles. The van der Waals surface area contributed by atoms with E-state index in [0.717, 1.165) is 24.5 Å². The van der Waals surface area contributed by atoms with E-state index in [4.69, 9.17) is 12.2 Å². The highest BCUT2D eigenvalue weighted by molar-refractivity contribution is 7.80. The molecule has 1 aromatic carbocycles. The first-order valence-electron chi connectivity index (χ1n) is 7.87. The summed E-state index contributed by atoms with van der Waals surface area (Å²) in [6.45, 7) is 1.82. The molecule has 4 atom stereocenters. The number of rotatable bonds is 2. The molecule has 22 heavy (non-hydrogen) atoms. The lowest BCUT2D eigenvalue weighted by molar-refractivity contribution is 0.282. The molecule has 2 nitrogen and oxygen atoms in total. The summed E-state index contributed by atoms with van der Waals surface area (Å²) >= 11 is 5.74. The Morgan fingerprint density at radius 2 is 2.09 bits per heavy atom. The standard InChI is InChI=1S/C18H19FN2S/c19-13-6-7-16-15(10-13)14-8-9-21(18(22)17(14)20-16)11-12-4-2-1-3-5-12/h1-7,10,14-17,20H,8-9,11H2. The van der Waals surface area contributed by atoms with Crippen LogP contribution in [-0.4, -0.2) is 28.5 Å². The molecule has 2 heterocycles. The third-order valence-corrected chi connectivity index (χ3v) is 5.56. The minimum Gasteiger partial charge on any atom is -0.361 e. The van der Waals surface area contributed by atoms with Gasteiger partial charge in [0.1, 0.15) is 5.83 Å². The molecular formula is C18H19FN2S. The highest BCUT2D eigenvalue weighted by Crippen LogP contribution is 2.39. The Morgan fingerprint density at radius 3 is 2.91 bits per heavy atom. The van der Waals surface area contributed by atoms with Crippen molar-refractivity contribution < 1.29 is 4.39 Å². The Kier molecular flexibility index (Phi) is 3.59. The maximum absolute atomic E-state index is 13.5. The van der Waals surface area contributed by atoms with Crippen LogP contribution in [0.1, 0.15) is 12.0 Å². The van der Waals surface area contributed by atoms with Crippen molar-refractivity contribution in [2.75, 3.05) is 6.54 Å². The molecule has 4 unspecified atom stereocenters. The van der Waals surface area contributed by atoms with Gasteiger partial charge in [0.2, 0.25) is 0 Å². The molecule has 4 heteroatoms. The molecule has 2 saturated heterocycles. The van der Waals surface area contributed by atoms with Crippen molar-refractivity contribution in [3.05, 3.63) is 60.0 Å². The summed E-state index contributed by atoms with van der Waals surface area (Å²) in [4.78, 5) is 3.27. The van der Waals surface area contributed by atoms with Crippen molar-refractivity contribution in [2.45, 2.75) is 25.0 Å². The number of halogens is 1. The summed E-state index contributed by atoms with van der Waals surface area (Å²) in [5.74, 6) is 0.549. The lowest BCUT2D eigenvalue weighted by Gasteiger charge is -2.38. The number of hydrogen-bond acceptors (Lipinski definition) is 2. The van der Waals surface area contributed by atoms with Gasteiger partial charge in [0.15, 0.2) is 0 Å². The number of nitrogens with one attached hydrogen (secondary N) is 1. The van der Waals surface area contributed by atoms with Gasteiger partial charge < -0.3 is 10.2 Å². The number of nitrogens with zero attached hydrogens (tertiary/aromatic N) is 1. The van der Waals surface area contributed by atoms with E-state index in [0.29, 0.717) is 5.92 Å². The summed E-state index contributed by atoms with van der Waals surface area (Å²) in [6.07, 6.45) is 6.35. The van der Waals surface area contributed by atoms with Crippen LogP contribution in [-0.2, 0) is 6.54 Å². The number of hydrogen-bond donors (Lipinski definition) is 1. The highest BCUT2D eigenvalue weighted by Gasteiger charge is 2.46. The fraction of sp³-hybridized carbons (Fsp3) is 0.389. The fourth-order valence-corrected chi connectivity index (χ4v) is 4.36. The van der Waals surface area contributed by atoms with Crippen LogP contribution in [0.5, 0.6) is 0 Å². The zero-order valence-electron chi connectivity index (χ0n) is 12.3. The van der Waals surface area contributed by atoms with E-state index in [-0.39, 0.29) is 23.8 Å². The molecule has 1 aromatic rings. The van der Waals surface area contributed by atoms with Gasteiger partial charge in [-0.15, -0.1) is 0 Å². The average Bonchev–Trinajstić information content (AvgIpc) is 2.90. The van der Waals surface area contributed by atoms with Crippen LogP contribution in [0.25, 0.3) is 0 Å². The summed E-state index contributed by atoms with van der Waals surface area (Å²) in [6, 6.07) is 10.8. The van der Waals surface area contributed by atoms with Crippen molar-refractivity contribution in [3.8, 4) is 0 Å². The maximum atomic E-state index is 13.5. The average molecular weight is 314 g/mol. The molecule has 1 aliphatic carbocycles. The molecule has 2 fully saturated rings. The molecule has 4 rings (SSSR count). The van der Waals surface area contributed by atoms with E-state index in [9.17, 15) is 4.39 Å². The third-order valence-electron chi connectivity index (χ3n) is 5.05. The van der Waals surface area contributed by atoms with Crippen molar-refractivity contribution in [1.82, 2.24) is 10.2 Å². The van der Waals surface area contributed by atoms with Gasteiger partial charge in [-0.3, -0.25) is 0 Å². The molecule has 0 radical (unpaired) electrons. The van der Waals surface area contributed by atoms with Gasteiger partial charge in [0.05, 0.1) is 11.0 Å². The van der Waals surface area contributed by atoms with Gasteiger partial charge >= 0.3 is 0 Å². The van der Waals surface area contributed by atoms with Crippen molar-refractivity contribution in [1.29, 1.82) is 0 Å². The Morgan fingerprint density at radius 1 is 1.27 bits per heavy atom. The fourth-order valence-electron chi connectivity index (χ4n) is 3.96. The predicted octanol–water partition coefficient (Wildman–Crippen LogP) is 3.22. The normalized spacial score (nSPS) is 33.4. The van der Waals surface area contributed by atoms with Crippen LogP contribution in [0, 0.1) is 11.8 Å². The summed E-state index contributed by atoms with van der Waals surface area (Å²) in [5.41, 5.74) is 1.28. The van der Waals surface area contributed by atoms with Crippen LogP contribution in [0.4, 0.5) is 4.39 Å². The molecule has 114 valence electrons. The monoisotopic (exact) mass is 314 g/mol. The second-order valence-corrected chi connectivity index (χ2v) is 6.77. The first-order valence-corrected chi connectivity index (χ1v) is 8.27. The number of thiocarbonyl (C=S) groups is 1. The van der Waals surface area contributed by atoms with Crippen molar-refractivity contribution in [3.63, 3.8) is 0 Å². The quantitative estimate of drug-likeness (QED) is 0.844. The highest BCUT2D eigenvalue weighted by atomic mass is 32.1. The molecule has 1 N–H and O–H groups in total. The summed E-state index contributed by atoms with van der Waals surface area (Å²) < 4.78 is 13.5. The van der Waals surface area contributed by atoms with Gasteiger partial charge in [-0.2, -0.15) is 0 Å². The zero-order valence-corrected chi connectivity index (χ0v) is 13.1. The third kappa shape index (κ3) is 2.40. The number of piperidine rings is 1. The SMILES string of the molecule is FC1=CC2C(C=C1)NC1C(=S)N(Cc3ccccc3)CCC12. The van der Waals surface area contributed by atoms with Crippen LogP contribution < -0.4 is 5.32 Å². The summed E-state index contributed by atoms with van der Waals surface area (Å²) in [7, 11) is 0. The van der Waals surface area contributed by atoms with Gasteiger partial charge in [0, 0.05) is 25.0 Å². The van der Waals surface area contributed by atoms with E-state index in [2.05, 4.69) is 34.5 Å². The van der Waals surface area contributed by atoms with Crippen LogP contribution >= 0.6 is 12.2 Å². The minimum absolute atomic E-state index is 0.110. The Bertz CT molecular complexity index is 640. The van der Waals surface area contributed by atoms with Gasteiger partial charge in [0.25, 0.3) is 0 Å². The van der Waals surface area contributed by atoms with E-state index in [1.54, 1.807) is 12.2 Å². The largest absolute Gasteiger partial charge is 0.361 e. The van der Waals surface area contributed by atoms with E-state index in [1.807, 2.05) is 12.1 Å². The minimum atomic E-state index is -0.110. The maximum Gasteiger partial charge on any atom is 0.119 e. The van der Waals surface area contributed by atoms with E-state index >= 15 is 0 Å². The Hall–Kier alpha value is -1.52. The number of likely N-dealkylation sites (tertiary alicyclic amines) is 1. The smallest absolute Gasteiger partial charge is 0.119 e. The first-order chi connectivity index (χ1) is 10.7. The molecule has 0 bridgehead atoms. The zero-order chi connectivity index (χ0) is 15.1. The molecular weight excluding hydrogens is 295 g/mol. The van der Waals surface area contributed by atoms with Crippen LogP contribution in [0.2, 0.25) is 0 Å². The number of fused-ring (bicyclic) bond motifs is 3. The predicted molar refractivity (Wildman–Crippen MR) is 90.1 cm³/mol. The molecule has 2 aliphatic heterocycles. The van der Waals surface area contributed by atoms with Crippen molar-refractivity contribution in [2.24, 2.45) is 11.8 Å². The van der Waals surface area contributed by atoms with Crippen LogP contribution in [0.15, 0.2) is 54.4 Å². The van der Waals surface area contributed by atoms with Gasteiger partial charge in [-0.25, -0.2) is 4.39 Å². The van der Waals surface area contributed by atoms with Crippen LogP contribution in [0.3, 0.4) is 0 Å². The number of allylic oxidation sites excluding steroid dienone is 2. The molecule has 0 saturated carbocycles. The van der Waals surface area contributed by atoms with Gasteiger partial charge in [-0.1, -0.05) is 48.6 Å². The second kappa shape index (κ2) is 5.60. The second-order valence-electron chi connectivity index (χ2n) is 6.36. The Balaban J connectivity index is 1.51. The topological polar surface area (TPSA) is 15.3 Å². The Labute approximate surface area is 135 Å². The first kappa shape index (κ1) is 14.1. The molecule has 0 spiro atoms. The lowest BCUT2D eigenvalue weighted by Crippen LogP contribution is -2.50. The number of benzene rings is 1. The van der Waals surface area contributed by atoms with E-state index in [1.165, 1.54) is 5.56 Å². The van der Waals surface area contributed by atoms with Crippen molar-refractivity contribution >= 4 is 17.2 Å². The lowest BCUT2D eigenvalue weighted by atomic mass is 9.80.